The third-order valence-corrected chi connectivity index (χ3v) is 3.12. The van der Waals surface area contributed by atoms with Crippen molar-refractivity contribution in [3.05, 3.63) is 58.8 Å². The van der Waals surface area contributed by atoms with E-state index in [1.54, 1.807) is 24.3 Å². The smallest absolute Gasteiger partial charge is 0.387 e. The predicted octanol–water partition coefficient (Wildman–Crippen LogP) is 3.77. The van der Waals surface area contributed by atoms with E-state index in [4.69, 9.17) is 4.42 Å². The fraction of sp³-hybridized carbons (Fsp3) is 0.0625. The lowest BCUT2D eigenvalue weighted by Crippen LogP contribution is -2.03. The van der Waals surface area contributed by atoms with Crippen molar-refractivity contribution in [1.29, 1.82) is 0 Å². The topological polar surface area (TPSA) is 59.7 Å². The zero-order chi connectivity index (χ0) is 15.7. The normalized spacial score (nSPS) is 11.0. The summed E-state index contributed by atoms with van der Waals surface area (Å²) in [6.07, 6.45) is 0. The monoisotopic (exact) mass is 304 g/mol. The molecule has 0 aliphatic rings. The number of aromatic hydroxyl groups is 1. The van der Waals surface area contributed by atoms with Gasteiger partial charge in [-0.1, -0.05) is 12.1 Å². The summed E-state index contributed by atoms with van der Waals surface area (Å²) in [5, 5.41) is 10.3. The fourth-order valence-electron chi connectivity index (χ4n) is 2.12. The Kier molecular flexibility index (Phi) is 3.50. The molecule has 6 heteroatoms. The van der Waals surface area contributed by atoms with Gasteiger partial charge in [0.1, 0.15) is 11.3 Å². The highest BCUT2D eigenvalue weighted by molar-refractivity contribution is 5.81. The van der Waals surface area contributed by atoms with Crippen molar-refractivity contribution in [3.63, 3.8) is 0 Å². The van der Waals surface area contributed by atoms with Crippen LogP contribution in [0.2, 0.25) is 0 Å². The Bertz CT molecular complexity index is 869. The first-order chi connectivity index (χ1) is 10.6. The first kappa shape index (κ1) is 14.1. The molecule has 1 N–H and O–H groups in total. The van der Waals surface area contributed by atoms with Gasteiger partial charge in [-0.3, -0.25) is 4.79 Å². The summed E-state index contributed by atoms with van der Waals surface area (Å²) in [5.41, 5.74) is 0.153. The molecule has 22 heavy (non-hydrogen) atoms. The number of halogens is 2. The predicted molar refractivity (Wildman–Crippen MR) is 76.2 cm³/mol. The van der Waals surface area contributed by atoms with Crippen LogP contribution in [0.1, 0.15) is 0 Å². The SMILES string of the molecule is O=c1c(O)c(-c2ccc(OC(F)F)cc2)oc2ccccc12. The summed E-state index contributed by atoms with van der Waals surface area (Å²) in [4.78, 5) is 12.1. The molecular weight excluding hydrogens is 294 g/mol. The second-order valence-corrected chi connectivity index (χ2v) is 4.51. The van der Waals surface area contributed by atoms with E-state index in [1.165, 1.54) is 24.3 Å². The van der Waals surface area contributed by atoms with Gasteiger partial charge in [-0.05, 0) is 36.4 Å². The summed E-state index contributed by atoms with van der Waals surface area (Å²) >= 11 is 0. The van der Waals surface area contributed by atoms with Crippen molar-refractivity contribution in [2.24, 2.45) is 0 Å². The third-order valence-electron chi connectivity index (χ3n) is 3.12. The van der Waals surface area contributed by atoms with E-state index >= 15 is 0 Å². The van der Waals surface area contributed by atoms with Crippen molar-refractivity contribution in [3.8, 4) is 22.8 Å². The zero-order valence-corrected chi connectivity index (χ0v) is 11.1. The number of ether oxygens (including phenoxy) is 1. The molecule has 0 saturated carbocycles. The maximum atomic E-state index is 12.1. The number of rotatable bonds is 3. The minimum absolute atomic E-state index is 0.0210. The van der Waals surface area contributed by atoms with E-state index < -0.39 is 17.8 Å². The second-order valence-electron chi connectivity index (χ2n) is 4.51. The Hall–Kier alpha value is -2.89. The number of para-hydroxylation sites is 1. The number of hydrogen-bond donors (Lipinski definition) is 1. The molecule has 0 saturated heterocycles. The van der Waals surface area contributed by atoms with Crippen molar-refractivity contribution >= 4 is 11.0 Å². The van der Waals surface area contributed by atoms with E-state index in [0.717, 1.165) is 0 Å². The quantitative estimate of drug-likeness (QED) is 0.800. The van der Waals surface area contributed by atoms with Crippen LogP contribution in [0, 0.1) is 0 Å². The van der Waals surface area contributed by atoms with Crippen LogP contribution < -0.4 is 10.2 Å². The van der Waals surface area contributed by atoms with E-state index in [-0.39, 0.29) is 16.9 Å². The van der Waals surface area contributed by atoms with Gasteiger partial charge in [0.15, 0.2) is 5.76 Å². The number of hydrogen-bond acceptors (Lipinski definition) is 4. The zero-order valence-electron chi connectivity index (χ0n) is 11.1. The molecule has 112 valence electrons. The Morgan fingerprint density at radius 2 is 1.73 bits per heavy atom. The minimum atomic E-state index is -2.92. The van der Waals surface area contributed by atoms with Crippen LogP contribution in [0.3, 0.4) is 0 Å². The maximum absolute atomic E-state index is 12.1. The Labute approximate surface area is 123 Å². The molecule has 0 aliphatic carbocycles. The molecule has 0 unspecified atom stereocenters. The average molecular weight is 304 g/mol. The molecule has 0 aliphatic heterocycles. The average Bonchev–Trinajstić information content (AvgIpc) is 2.51. The van der Waals surface area contributed by atoms with Gasteiger partial charge in [0.05, 0.1) is 5.39 Å². The fourth-order valence-corrected chi connectivity index (χ4v) is 2.12. The molecule has 3 rings (SSSR count). The lowest BCUT2D eigenvalue weighted by atomic mass is 10.1. The highest BCUT2D eigenvalue weighted by atomic mass is 19.3. The molecule has 1 aromatic heterocycles. The highest BCUT2D eigenvalue weighted by Crippen LogP contribution is 2.31. The standard InChI is InChI=1S/C16H10F2O4/c17-16(18)21-10-7-5-9(6-8-10)15-14(20)13(19)11-3-1-2-4-12(11)22-15/h1-8,16,20H. The Morgan fingerprint density at radius 1 is 1.05 bits per heavy atom. The summed E-state index contributed by atoms with van der Waals surface area (Å²) < 4.78 is 34.0. The molecule has 0 amide bonds. The molecule has 0 spiro atoms. The number of benzene rings is 2. The van der Waals surface area contributed by atoms with Gasteiger partial charge in [-0.15, -0.1) is 0 Å². The van der Waals surface area contributed by atoms with E-state index in [1.807, 2.05) is 0 Å². The Morgan fingerprint density at radius 3 is 2.41 bits per heavy atom. The summed E-state index contributed by atoms with van der Waals surface area (Å²) in [6, 6.07) is 12.0. The molecule has 1 heterocycles. The summed E-state index contributed by atoms with van der Waals surface area (Å²) in [7, 11) is 0. The van der Waals surface area contributed by atoms with Crippen molar-refractivity contribution in [2.75, 3.05) is 0 Å². The van der Waals surface area contributed by atoms with Crippen LogP contribution in [-0.2, 0) is 0 Å². The van der Waals surface area contributed by atoms with Crippen LogP contribution in [0.15, 0.2) is 57.7 Å². The molecule has 0 radical (unpaired) electrons. The number of fused-ring (bicyclic) bond motifs is 1. The van der Waals surface area contributed by atoms with Crippen molar-refractivity contribution < 1.29 is 23.0 Å². The highest BCUT2D eigenvalue weighted by Gasteiger charge is 2.15. The molecule has 3 aromatic rings. The van der Waals surface area contributed by atoms with Gasteiger partial charge in [0.25, 0.3) is 0 Å². The number of alkyl halides is 2. The van der Waals surface area contributed by atoms with Crippen LogP contribution in [0.25, 0.3) is 22.3 Å². The van der Waals surface area contributed by atoms with Crippen molar-refractivity contribution in [1.82, 2.24) is 0 Å². The summed E-state index contributed by atoms with van der Waals surface area (Å²) in [5.74, 6) is -0.574. The largest absolute Gasteiger partial charge is 0.502 e. The molecule has 0 bridgehead atoms. The van der Waals surface area contributed by atoms with Crippen LogP contribution in [-0.4, -0.2) is 11.7 Å². The minimum Gasteiger partial charge on any atom is -0.502 e. The first-order valence-electron chi connectivity index (χ1n) is 6.36. The van der Waals surface area contributed by atoms with E-state index in [2.05, 4.69) is 4.74 Å². The van der Waals surface area contributed by atoms with Crippen LogP contribution >= 0.6 is 0 Å². The lowest BCUT2D eigenvalue weighted by Gasteiger charge is -2.07. The molecule has 2 aromatic carbocycles. The van der Waals surface area contributed by atoms with Gasteiger partial charge in [0, 0.05) is 5.56 Å². The first-order valence-corrected chi connectivity index (χ1v) is 6.36. The van der Waals surface area contributed by atoms with Crippen LogP contribution in [0.5, 0.6) is 11.5 Å². The van der Waals surface area contributed by atoms with Crippen LogP contribution in [0.4, 0.5) is 8.78 Å². The van der Waals surface area contributed by atoms with Gasteiger partial charge < -0.3 is 14.3 Å². The van der Waals surface area contributed by atoms with Gasteiger partial charge >= 0.3 is 6.61 Å². The second kappa shape index (κ2) is 5.48. The van der Waals surface area contributed by atoms with E-state index in [9.17, 15) is 18.7 Å². The Balaban J connectivity index is 2.10. The third kappa shape index (κ3) is 2.50. The maximum Gasteiger partial charge on any atom is 0.387 e. The lowest BCUT2D eigenvalue weighted by molar-refractivity contribution is -0.0498. The van der Waals surface area contributed by atoms with Gasteiger partial charge in [-0.2, -0.15) is 8.78 Å². The summed E-state index contributed by atoms with van der Waals surface area (Å²) in [6.45, 7) is -2.92. The molecular formula is C16H10F2O4. The van der Waals surface area contributed by atoms with Crippen molar-refractivity contribution in [2.45, 2.75) is 6.61 Å². The molecule has 4 nitrogen and oxygen atoms in total. The molecule has 0 atom stereocenters. The van der Waals surface area contributed by atoms with Gasteiger partial charge in [0.2, 0.25) is 11.2 Å². The van der Waals surface area contributed by atoms with Gasteiger partial charge in [-0.25, -0.2) is 0 Å². The van der Waals surface area contributed by atoms with E-state index in [0.29, 0.717) is 11.1 Å². The molecule has 0 fully saturated rings.